The molecule has 1 atom stereocenters. The molecule has 0 aliphatic rings. The highest BCUT2D eigenvalue weighted by Crippen LogP contribution is 2.25. The average molecular weight is 418 g/mol. The zero-order chi connectivity index (χ0) is 21.1. The fourth-order valence-corrected chi connectivity index (χ4v) is 4.20. The monoisotopic (exact) mass is 417 g/mol. The fraction of sp³-hybridized carbons (Fsp3) is 0.217. The molecule has 0 saturated carbocycles. The number of nitrogens with one attached hydrogen (secondary N) is 1. The van der Waals surface area contributed by atoms with Gasteiger partial charge in [-0.3, -0.25) is 4.79 Å². The van der Waals surface area contributed by atoms with Gasteiger partial charge in [0.2, 0.25) is 11.1 Å². The molecular weight excluding hydrogens is 394 g/mol. The van der Waals surface area contributed by atoms with Crippen LogP contribution in [0.5, 0.6) is 0 Å². The predicted octanol–water partition coefficient (Wildman–Crippen LogP) is 4.40. The van der Waals surface area contributed by atoms with E-state index in [4.69, 9.17) is 0 Å². The third-order valence-corrected chi connectivity index (χ3v) is 6.16. The first kappa shape index (κ1) is 20.1. The molecule has 30 heavy (non-hydrogen) atoms. The number of nitrogens with zero attached hydrogens (tertiary/aromatic N) is 4. The molecule has 1 amide bonds. The topological polar surface area (TPSA) is 72.7 Å². The van der Waals surface area contributed by atoms with Crippen LogP contribution in [-0.4, -0.2) is 31.9 Å². The summed E-state index contributed by atoms with van der Waals surface area (Å²) in [5.74, 6) is 0.177. The number of hydrogen-bond acceptors (Lipinski definition) is 5. The largest absolute Gasteiger partial charge is 0.349 e. The standard InChI is InChI=1S/C23H23N5OS/c1-15-8-6-13-21(16(15)2)28-23(25-26-27-28)30-14-22(29)24-17(3)19-12-7-10-18-9-4-5-11-20(18)19/h4-13,17H,14H2,1-3H3,(H,24,29). The van der Waals surface area contributed by atoms with Gasteiger partial charge in [-0.1, -0.05) is 66.4 Å². The Morgan fingerprint density at radius 3 is 2.70 bits per heavy atom. The van der Waals surface area contributed by atoms with E-state index in [1.54, 1.807) is 4.68 Å². The summed E-state index contributed by atoms with van der Waals surface area (Å²) >= 11 is 1.33. The average Bonchev–Trinajstić information content (AvgIpc) is 3.22. The Labute approximate surface area is 179 Å². The number of carbonyl (C=O) groups excluding carboxylic acids is 1. The predicted molar refractivity (Wildman–Crippen MR) is 120 cm³/mol. The van der Waals surface area contributed by atoms with Crippen molar-refractivity contribution in [2.45, 2.75) is 32.0 Å². The van der Waals surface area contributed by atoms with Crippen LogP contribution in [-0.2, 0) is 4.79 Å². The lowest BCUT2D eigenvalue weighted by Gasteiger charge is -2.16. The number of rotatable bonds is 6. The van der Waals surface area contributed by atoms with Gasteiger partial charge in [-0.2, -0.15) is 4.68 Å². The molecule has 1 N–H and O–H groups in total. The van der Waals surface area contributed by atoms with E-state index in [9.17, 15) is 4.79 Å². The lowest BCUT2D eigenvalue weighted by atomic mass is 10.00. The van der Waals surface area contributed by atoms with Crippen molar-refractivity contribution < 1.29 is 4.79 Å². The Morgan fingerprint density at radius 2 is 1.83 bits per heavy atom. The molecular formula is C23H23N5OS. The second-order valence-electron chi connectivity index (χ2n) is 7.24. The summed E-state index contributed by atoms with van der Waals surface area (Å²) < 4.78 is 1.69. The van der Waals surface area contributed by atoms with Gasteiger partial charge in [0.05, 0.1) is 17.5 Å². The van der Waals surface area contributed by atoms with E-state index in [1.807, 2.05) is 44.2 Å². The molecule has 0 fully saturated rings. The molecule has 0 bridgehead atoms. The van der Waals surface area contributed by atoms with Crippen molar-refractivity contribution in [1.82, 2.24) is 25.5 Å². The van der Waals surface area contributed by atoms with E-state index in [0.29, 0.717) is 5.16 Å². The molecule has 0 spiro atoms. The number of aromatic nitrogens is 4. The smallest absolute Gasteiger partial charge is 0.230 e. The van der Waals surface area contributed by atoms with Gasteiger partial charge in [-0.15, -0.1) is 5.10 Å². The number of amides is 1. The van der Waals surface area contributed by atoms with Gasteiger partial charge in [-0.05, 0) is 64.7 Å². The van der Waals surface area contributed by atoms with Crippen molar-refractivity contribution in [3.05, 3.63) is 77.4 Å². The van der Waals surface area contributed by atoms with Gasteiger partial charge in [0.25, 0.3) is 0 Å². The van der Waals surface area contributed by atoms with Gasteiger partial charge in [0.1, 0.15) is 0 Å². The molecule has 3 aromatic carbocycles. The maximum absolute atomic E-state index is 12.6. The Hall–Kier alpha value is -3.19. The molecule has 1 unspecified atom stereocenters. The normalized spacial score (nSPS) is 12.1. The third kappa shape index (κ3) is 4.07. The van der Waals surface area contributed by atoms with Crippen molar-refractivity contribution in [1.29, 1.82) is 0 Å². The summed E-state index contributed by atoms with van der Waals surface area (Å²) in [7, 11) is 0. The highest BCUT2D eigenvalue weighted by atomic mass is 32.2. The number of fused-ring (bicyclic) bond motifs is 1. The summed E-state index contributed by atoms with van der Waals surface area (Å²) in [5.41, 5.74) is 4.31. The van der Waals surface area contributed by atoms with E-state index < -0.39 is 0 Å². The Kier molecular flexibility index (Phi) is 5.81. The maximum Gasteiger partial charge on any atom is 0.230 e. The number of thioether (sulfide) groups is 1. The summed E-state index contributed by atoms with van der Waals surface area (Å²) in [6, 6.07) is 20.3. The highest BCUT2D eigenvalue weighted by Gasteiger charge is 2.16. The molecule has 6 nitrogen and oxygen atoms in total. The van der Waals surface area contributed by atoms with Crippen LogP contribution in [0.2, 0.25) is 0 Å². The van der Waals surface area contributed by atoms with E-state index >= 15 is 0 Å². The Morgan fingerprint density at radius 1 is 1.07 bits per heavy atom. The lowest BCUT2D eigenvalue weighted by molar-refractivity contribution is -0.119. The number of carbonyl (C=O) groups is 1. The van der Waals surface area contributed by atoms with E-state index in [-0.39, 0.29) is 17.7 Å². The summed E-state index contributed by atoms with van der Waals surface area (Å²) in [6.45, 7) is 6.10. The van der Waals surface area contributed by atoms with Gasteiger partial charge in [0, 0.05) is 0 Å². The van der Waals surface area contributed by atoms with Gasteiger partial charge in [0.15, 0.2) is 0 Å². The highest BCUT2D eigenvalue weighted by molar-refractivity contribution is 7.99. The molecule has 1 aromatic heterocycles. The zero-order valence-corrected chi connectivity index (χ0v) is 18.0. The minimum Gasteiger partial charge on any atom is -0.349 e. The van der Waals surface area contributed by atoms with Crippen LogP contribution >= 0.6 is 11.8 Å². The minimum atomic E-state index is -0.0980. The lowest BCUT2D eigenvalue weighted by Crippen LogP contribution is -2.28. The van der Waals surface area contributed by atoms with Crippen LogP contribution in [0.25, 0.3) is 16.5 Å². The minimum absolute atomic E-state index is 0.0593. The van der Waals surface area contributed by atoms with Crippen molar-refractivity contribution in [2.75, 3.05) is 5.75 Å². The molecule has 0 radical (unpaired) electrons. The maximum atomic E-state index is 12.6. The van der Waals surface area contributed by atoms with E-state index in [0.717, 1.165) is 27.6 Å². The zero-order valence-electron chi connectivity index (χ0n) is 17.2. The number of benzene rings is 3. The molecule has 1 heterocycles. The van der Waals surface area contributed by atoms with Crippen LogP contribution in [0.1, 0.15) is 29.7 Å². The van der Waals surface area contributed by atoms with Crippen molar-refractivity contribution in [3.63, 3.8) is 0 Å². The van der Waals surface area contributed by atoms with E-state index in [2.05, 4.69) is 58.1 Å². The van der Waals surface area contributed by atoms with Crippen molar-refractivity contribution in [2.24, 2.45) is 0 Å². The Bertz CT molecular complexity index is 1200. The van der Waals surface area contributed by atoms with Crippen LogP contribution in [0, 0.1) is 13.8 Å². The summed E-state index contributed by atoms with van der Waals surface area (Å²) in [6.07, 6.45) is 0. The SMILES string of the molecule is Cc1cccc(-n2nnnc2SCC(=O)NC(C)c2cccc3ccccc23)c1C. The summed E-state index contributed by atoms with van der Waals surface area (Å²) in [5, 5.41) is 18.0. The van der Waals surface area contributed by atoms with Crippen LogP contribution in [0.15, 0.2) is 65.8 Å². The fourth-order valence-electron chi connectivity index (χ4n) is 3.50. The van der Waals surface area contributed by atoms with Crippen molar-refractivity contribution >= 4 is 28.4 Å². The van der Waals surface area contributed by atoms with E-state index in [1.165, 1.54) is 17.3 Å². The molecule has 0 aliphatic heterocycles. The van der Waals surface area contributed by atoms with Crippen LogP contribution in [0.3, 0.4) is 0 Å². The number of hydrogen-bond donors (Lipinski definition) is 1. The Balaban J connectivity index is 1.45. The first-order valence-electron chi connectivity index (χ1n) is 9.79. The van der Waals surface area contributed by atoms with Crippen LogP contribution < -0.4 is 5.32 Å². The molecule has 7 heteroatoms. The molecule has 0 saturated heterocycles. The quantitative estimate of drug-likeness (QED) is 0.471. The molecule has 4 rings (SSSR count). The van der Waals surface area contributed by atoms with Gasteiger partial charge < -0.3 is 5.32 Å². The van der Waals surface area contributed by atoms with Gasteiger partial charge >= 0.3 is 0 Å². The van der Waals surface area contributed by atoms with Crippen molar-refractivity contribution in [3.8, 4) is 5.69 Å². The third-order valence-electron chi connectivity index (χ3n) is 5.24. The second-order valence-corrected chi connectivity index (χ2v) is 8.18. The molecule has 152 valence electrons. The molecule has 0 aliphatic carbocycles. The van der Waals surface area contributed by atoms with Crippen LogP contribution in [0.4, 0.5) is 0 Å². The number of aryl methyl sites for hydroxylation is 1. The second kappa shape index (κ2) is 8.67. The summed E-state index contributed by atoms with van der Waals surface area (Å²) in [4.78, 5) is 12.6. The first-order valence-corrected chi connectivity index (χ1v) is 10.8. The first-order chi connectivity index (χ1) is 14.5. The number of tetrazole rings is 1. The van der Waals surface area contributed by atoms with Gasteiger partial charge in [-0.25, -0.2) is 0 Å². The molecule has 4 aromatic rings.